The fraction of sp³-hybridized carbons (Fsp3) is 0.562. The summed E-state index contributed by atoms with van der Waals surface area (Å²) in [6, 6.07) is 16.3. The number of nitrogens with zero attached hydrogens (tertiary/aromatic N) is 3. The van der Waals surface area contributed by atoms with Crippen LogP contribution in [0.15, 0.2) is 48.5 Å². The number of aliphatic hydroxyl groups is 1. The van der Waals surface area contributed by atoms with Crippen molar-refractivity contribution < 1.29 is 19.4 Å². The number of para-hydroxylation sites is 1. The number of unbranched alkanes of at least 4 members (excludes halogenated alkanes) is 2. The number of hydrogen-bond acceptors (Lipinski definition) is 6. The molecule has 216 valence electrons. The Labute approximate surface area is 238 Å². The Balaban J connectivity index is 1.02. The monoisotopic (exact) mass is 548 g/mol. The summed E-state index contributed by atoms with van der Waals surface area (Å²) in [7, 11) is 0. The fourth-order valence-electron chi connectivity index (χ4n) is 6.37. The molecule has 3 aliphatic rings. The van der Waals surface area contributed by atoms with Crippen molar-refractivity contribution in [1.82, 2.24) is 15.1 Å². The molecule has 8 nitrogen and oxygen atoms in total. The summed E-state index contributed by atoms with van der Waals surface area (Å²) in [5.41, 5.74) is 2.97. The van der Waals surface area contributed by atoms with E-state index in [1.54, 1.807) is 0 Å². The zero-order valence-corrected chi connectivity index (χ0v) is 23.6. The summed E-state index contributed by atoms with van der Waals surface area (Å²) in [6.07, 6.45) is 7.04. The predicted molar refractivity (Wildman–Crippen MR) is 157 cm³/mol. The van der Waals surface area contributed by atoms with E-state index in [0.29, 0.717) is 37.7 Å². The van der Waals surface area contributed by atoms with Crippen molar-refractivity contribution in [1.29, 1.82) is 0 Å². The van der Waals surface area contributed by atoms with E-state index in [-0.39, 0.29) is 24.5 Å². The van der Waals surface area contributed by atoms with E-state index in [0.717, 1.165) is 82.6 Å². The maximum Gasteiger partial charge on any atom is 0.253 e. The van der Waals surface area contributed by atoms with E-state index in [1.165, 1.54) is 5.56 Å². The number of carbonyl (C=O) groups is 2. The molecule has 2 aromatic carbocycles. The molecular weight excluding hydrogens is 504 g/mol. The second-order valence-electron chi connectivity index (χ2n) is 11.3. The summed E-state index contributed by atoms with van der Waals surface area (Å²) >= 11 is 0. The van der Waals surface area contributed by atoms with Crippen LogP contribution in [-0.4, -0.2) is 91.3 Å². The largest absolute Gasteiger partial charge is 0.494 e. The highest BCUT2D eigenvalue weighted by atomic mass is 16.5. The van der Waals surface area contributed by atoms with E-state index in [9.17, 15) is 14.7 Å². The highest BCUT2D eigenvalue weighted by molar-refractivity contribution is 5.97. The van der Waals surface area contributed by atoms with E-state index >= 15 is 0 Å². The highest BCUT2D eigenvalue weighted by Gasteiger charge is 2.33. The van der Waals surface area contributed by atoms with Gasteiger partial charge in [0.1, 0.15) is 5.75 Å². The van der Waals surface area contributed by atoms with Crippen LogP contribution < -0.4 is 15.0 Å². The van der Waals surface area contributed by atoms with Gasteiger partial charge in [0.25, 0.3) is 5.91 Å². The molecule has 2 fully saturated rings. The molecular formula is C32H44N4O4. The Morgan fingerprint density at radius 3 is 2.58 bits per heavy atom. The Morgan fingerprint density at radius 2 is 1.77 bits per heavy atom. The lowest BCUT2D eigenvalue weighted by Gasteiger charge is -2.41. The van der Waals surface area contributed by atoms with Gasteiger partial charge < -0.3 is 25.0 Å². The highest BCUT2D eigenvalue weighted by Crippen LogP contribution is 2.32. The van der Waals surface area contributed by atoms with Gasteiger partial charge in [0.05, 0.1) is 6.61 Å². The van der Waals surface area contributed by atoms with Crippen molar-refractivity contribution >= 4 is 17.5 Å². The van der Waals surface area contributed by atoms with Gasteiger partial charge in [-0.15, -0.1) is 0 Å². The number of likely N-dealkylation sites (tertiary alicyclic amines) is 1. The number of fused-ring (bicyclic) bond motifs is 1. The standard InChI is InChI=1S/C32H44N4O4/c37-22-16-28-24-33-17-21-34(28)18-4-1-5-23-40-29-11-8-26(9-12-29)32(39)35-19-14-27(15-20-35)36-30-7-3-2-6-25(30)10-13-31(36)38/h2-3,6-9,11-12,27-28,33,37H,1,4-5,10,13-24H2. The first kappa shape index (κ1) is 28.6. The molecule has 0 bridgehead atoms. The number of piperidine rings is 1. The Hall–Kier alpha value is -2.94. The minimum Gasteiger partial charge on any atom is -0.494 e. The number of ether oxygens (including phenoxy) is 1. The SMILES string of the molecule is O=C(c1ccc(OCCCCCN2CCNCC2CCO)cc1)N1CCC(N2C(=O)CCc3ccccc32)CC1. The second kappa shape index (κ2) is 14.1. The van der Waals surface area contributed by atoms with Crippen LogP contribution in [-0.2, 0) is 11.2 Å². The number of anilines is 1. The second-order valence-corrected chi connectivity index (χ2v) is 11.3. The number of nitrogens with one attached hydrogen (secondary N) is 1. The molecule has 2 aromatic rings. The van der Waals surface area contributed by atoms with Gasteiger partial charge in [-0.05, 0) is 87.4 Å². The van der Waals surface area contributed by atoms with Gasteiger partial charge >= 0.3 is 0 Å². The number of amides is 2. The zero-order chi connectivity index (χ0) is 27.7. The molecule has 0 aromatic heterocycles. The summed E-state index contributed by atoms with van der Waals surface area (Å²) in [4.78, 5) is 32.3. The van der Waals surface area contributed by atoms with Crippen molar-refractivity contribution in [2.45, 2.75) is 63.5 Å². The lowest BCUT2D eigenvalue weighted by molar-refractivity contribution is -0.119. The predicted octanol–water partition coefficient (Wildman–Crippen LogP) is 3.48. The van der Waals surface area contributed by atoms with Crippen LogP contribution in [0.25, 0.3) is 0 Å². The number of aryl methyl sites for hydroxylation is 1. The molecule has 3 heterocycles. The lowest BCUT2D eigenvalue weighted by atomic mass is 9.95. The third-order valence-corrected chi connectivity index (χ3v) is 8.64. The molecule has 2 N–H and O–H groups in total. The summed E-state index contributed by atoms with van der Waals surface area (Å²) in [5, 5.41) is 12.7. The Bertz CT molecular complexity index is 1110. The third-order valence-electron chi connectivity index (χ3n) is 8.64. The third kappa shape index (κ3) is 7.03. The average Bonchev–Trinajstić information content (AvgIpc) is 3.00. The van der Waals surface area contributed by atoms with Crippen LogP contribution in [0, 0.1) is 0 Å². The lowest BCUT2D eigenvalue weighted by Crippen LogP contribution is -2.51. The van der Waals surface area contributed by atoms with Crippen LogP contribution in [0.5, 0.6) is 5.75 Å². The van der Waals surface area contributed by atoms with E-state index < -0.39 is 0 Å². The van der Waals surface area contributed by atoms with Crippen molar-refractivity contribution in [2.24, 2.45) is 0 Å². The van der Waals surface area contributed by atoms with Crippen molar-refractivity contribution in [3.63, 3.8) is 0 Å². The fourth-order valence-corrected chi connectivity index (χ4v) is 6.37. The minimum absolute atomic E-state index is 0.0442. The van der Waals surface area contributed by atoms with Gasteiger partial charge in [-0.3, -0.25) is 14.5 Å². The average molecular weight is 549 g/mol. The van der Waals surface area contributed by atoms with Crippen LogP contribution >= 0.6 is 0 Å². The van der Waals surface area contributed by atoms with Gasteiger partial charge in [-0.25, -0.2) is 0 Å². The normalized spacial score (nSPS) is 20.4. The summed E-state index contributed by atoms with van der Waals surface area (Å²) in [5.74, 6) is 1.04. The van der Waals surface area contributed by atoms with E-state index in [2.05, 4.69) is 22.3 Å². The van der Waals surface area contributed by atoms with Crippen molar-refractivity contribution in [3.8, 4) is 5.75 Å². The molecule has 1 atom stereocenters. The Morgan fingerprint density at radius 1 is 0.975 bits per heavy atom. The van der Waals surface area contributed by atoms with Crippen LogP contribution in [0.4, 0.5) is 5.69 Å². The zero-order valence-electron chi connectivity index (χ0n) is 23.6. The minimum atomic E-state index is 0.0442. The molecule has 0 aliphatic carbocycles. The van der Waals surface area contributed by atoms with Gasteiger partial charge in [0, 0.05) is 69.1 Å². The van der Waals surface area contributed by atoms with Crippen LogP contribution in [0.1, 0.15) is 60.9 Å². The van der Waals surface area contributed by atoms with E-state index in [4.69, 9.17) is 4.74 Å². The molecule has 3 aliphatic heterocycles. The Kier molecular flexibility index (Phi) is 10.1. The first-order valence-corrected chi connectivity index (χ1v) is 15.1. The summed E-state index contributed by atoms with van der Waals surface area (Å²) in [6.45, 7) is 6.34. The number of piperazine rings is 1. The molecule has 2 amide bonds. The number of benzene rings is 2. The molecule has 40 heavy (non-hydrogen) atoms. The quantitative estimate of drug-likeness (QED) is 0.419. The number of carbonyl (C=O) groups excluding carboxylic acids is 2. The number of aliphatic hydroxyl groups excluding tert-OH is 1. The topological polar surface area (TPSA) is 85.3 Å². The molecule has 8 heteroatoms. The van der Waals surface area contributed by atoms with Gasteiger partial charge in [0.2, 0.25) is 5.91 Å². The van der Waals surface area contributed by atoms with E-state index in [1.807, 2.05) is 46.2 Å². The first-order chi connectivity index (χ1) is 19.6. The van der Waals surface area contributed by atoms with Crippen molar-refractivity contribution in [3.05, 3.63) is 59.7 Å². The summed E-state index contributed by atoms with van der Waals surface area (Å²) < 4.78 is 5.94. The molecule has 2 saturated heterocycles. The van der Waals surface area contributed by atoms with Crippen LogP contribution in [0.3, 0.4) is 0 Å². The molecule has 0 radical (unpaired) electrons. The van der Waals surface area contributed by atoms with Gasteiger partial charge in [-0.1, -0.05) is 18.2 Å². The number of hydrogen-bond donors (Lipinski definition) is 2. The maximum absolute atomic E-state index is 13.2. The number of rotatable bonds is 11. The molecule has 5 rings (SSSR count). The van der Waals surface area contributed by atoms with Gasteiger partial charge in [0.15, 0.2) is 0 Å². The maximum atomic E-state index is 13.2. The van der Waals surface area contributed by atoms with Crippen LogP contribution in [0.2, 0.25) is 0 Å². The van der Waals surface area contributed by atoms with Crippen molar-refractivity contribution in [2.75, 3.05) is 57.4 Å². The first-order valence-electron chi connectivity index (χ1n) is 15.1. The molecule has 1 unspecified atom stereocenters. The molecule has 0 saturated carbocycles. The molecule has 0 spiro atoms. The smallest absolute Gasteiger partial charge is 0.253 e. The van der Waals surface area contributed by atoms with Gasteiger partial charge in [-0.2, -0.15) is 0 Å².